The van der Waals surface area contributed by atoms with E-state index in [-0.39, 0.29) is 0 Å². The van der Waals surface area contributed by atoms with Crippen molar-refractivity contribution in [2.24, 2.45) is 0 Å². The molecule has 0 atom stereocenters. The van der Waals surface area contributed by atoms with Gasteiger partial charge in [0.25, 0.3) is 0 Å². The molecule has 1 aromatic heterocycles. The highest BCUT2D eigenvalue weighted by Crippen LogP contribution is 2.29. The molecule has 0 fully saturated rings. The van der Waals surface area contributed by atoms with Gasteiger partial charge in [-0.2, -0.15) is 5.26 Å². The highest BCUT2D eigenvalue weighted by atomic mass is 79.9. The van der Waals surface area contributed by atoms with Gasteiger partial charge in [0.2, 0.25) is 5.88 Å². The minimum Gasteiger partial charge on any atom is -0.437 e. The molecule has 0 unspecified atom stereocenters. The van der Waals surface area contributed by atoms with Gasteiger partial charge < -0.3 is 10.5 Å². The highest BCUT2D eigenvalue weighted by Gasteiger charge is 2.07. The molecule has 90 valence electrons. The fraction of sp³-hybridized carbons (Fsp3) is 0.0769. The van der Waals surface area contributed by atoms with Gasteiger partial charge in [-0.3, -0.25) is 0 Å². The minimum absolute atomic E-state index is 0.305. The topological polar surface area (TPSA) is 71.9 Å². The van der Waals surface area contributed by atoms with Crippen molar-refractivity contribution in [2.75, 3.05) is 5.73 Å². The number of rotatable bonds is 2. The number of nitrogens with two attached hydrogens (primary N) is 1. The van der Waals surface area contributed by atoms with Gasteiger partial charge in [0, 0.05) is 10.7 Å². The first kappa shape index (κ1) is 12.4. The zero-order chi connectivity index (χ0) is 13.1. The second-order valence-corrected chi connectivity index (χ2v) is 4.66. The van der Waals surface area contributed by atoms with Gasteiger partial charge in [-0.1, -0.05) is 15.9 Å². The number of hydrogen-bond acceptors (Lipinski definition) is 4. The van der Waals surface area contributed by atoms with Crippen molar-refractivity contribution in [3.05, 3.63) is 46.1 Å². The number of nitrogens with zero attached hydrogens (tertiary/aromatic N) is 2. The Balaban J connectivity index is 2.32. The molecule has 0 amide bonds. The van der Waals surface area contributed by atoms with Crippen LogP contribution >= 0.6 is 15.9 Å². The molecule has 0 aliphatic carbocycles. The first-order chi connectivity index (χ1) is 8.60. The number of aryl methyl sites for hydroxylation is 1. The lowest BCUT2D eigenvalue weighted by atomic mass is 10.2. The maximum Gasteiger partial charge on any atom is 0.242 e. The average Bonchev–Trinajstić information content (AvgIpc) is 2.34. The van der Waals surface area contributed by atoms with Gasteiger partial charge in [-0.05, 0) is 36.8 Å². The van der Waals surface area contributed by atoms with E-state index >= 15 is 0 Å². The van der Waals surface area contributed by atoms with Crippen LogP contribution in [0.4, 0.5) is 5.69 Å². The Kier molecular flexibility index (Phi) is 3.49. The number of hydrogen-bond donors (Lipinski definition) is 1. The summed E-state index contributed by atoms with van der Waals surface area (Å²) < 4.78 is 6.61. The first-order valence-electron chi connectivity index (χ1n) is 5.20. The lowest BCUT2D eigenvalue weighted by Gasteiger charge is -2.09. The van der Waals surface area contributed by atoms with E-state index in [1.165, 1.54) is 12.3 Å². The molecule has 5 heteroatoms. The fourth-order valence-corrected chi connectivity index (χ4v) is 1.92. The van der Waals surface area contributed by atoms with Gasteiger partial charge in [0.05, 0.1) is 11.3 Å². The van der Waals surface area contributed by atoms with Crippen LogP contribution in [-0.2, 0) is 0 Å². The number of halogens is 1. The molecule has 0 saturated heterocycles. The van der Waals surface area contributed by atoms with Crippen molar-refractivity contribution in [1.82, 2.24) is 4.98 Å². The van der Waals surface area contributed by atoms with Crippen LogP contribution in [-0.4, -0.2) is 4.98 Å². The number of ether oxygens (including phenoxy) is 1. The Labute approximate surface area is 113 Å². The summed E-state index contributed by atoms with van der Waals surface area (Å²) in [6, 6.07) is 9.16. The number of nitriles is 1. The monoisotopic (exact) mass is 303 g/mol. The molecule has 0 saturated carbocycles. The van der Waals surface area contributed by atoms with Crippen molar-refractivity contribution in [3.8, 4) is 17.7 Å². The molecular weight excluding hydrogens is 294 g/mol. The highest BCUT2D eigenvalue weighted by molar-refractivity contribution is 9.10. The van der Waals surface area contributed by atoms with E-state index in [1.54, 1.807) is 0 Å². The van der Waals surface area contributed by atoms with E-state index in [2.05, 4.69) is 20.9 Å². The quantitative estimate of drug-likeness (QED) is 0.923. The van der Waals surface area contributed by atoms with E-state index in [0.717, 1.165) is 10.0 Å². The van der Waals surface area contributed by atoms with Gasteiger partial charge in [0.15, 0.2) is 0 Å². The Hall–Kier alpha value is -2.06. The predicted molar refractivity (Wildman–Crippen MR) is 72.3 cm³/mol. The molecule has 4 nitrogen and oxygen atoms in total. The van der Waals surface area contributed by atoms with E-state index < -0.39 is 0 Å². The molecule has 0 aliphatic heterocycles. The molecular formula is C13H10BrN3O. The third kappa shape index (κ3) is 2.60. The lowest BCUT2D eigenvalue weighted by Crippen LogP contribution is -1.97. The molecule has 0 spiro atoms. The largest absolute Gasteiger partial charge is 0.437 e. The van der Waals surface area contributed by atoms with Crippen LogP contribution in [0.1, 0.15) is 11.1 Å². The Bertz CT molecular complexity index is 635. The van der Waals surface area contributed by atoms with Crippen molar-refractivity contribution < 1.29 is 4.74 Å². The maximum atomic E-state index is 8.73. The molecule has 1 aromatic carbocycles. The molecule has 0 radical (unpaired) electrons. The van der Waals surface area contributed by atoms with Crippen molar-refractivity contribution in [1.29, 1.82) is 5.26 Å². The summed E-state index contributed by atoms with van der Waals surface area (Å²) in [6.45, 7) is 1.93. The van der Waals surface area contributed by atoms with Crippen molar-refractivity contribution in [3.63, 3.8) is 0 Å². The standard InChI is InChI=1S/C13H10BrN3O/c1-8-4-10(14)2-3-12(8)18-13-11(16)5-9(6-15)7-17-13/h2-5,7H,16H2,1H3. The zero-order valence-corrected chi connectivity index (χ0v) is 11.2. The van der Waals surface area contributed by atoms with Crippen molar-refractivity contribution in [2.45, 2.75) is 6.92 Å². The van der Waals surface area contributed by atoms with Gasteiger partial charge in [-0.25, -0.2) is 4.98 Å². The predicted octanol–water partition coefficient (Wildman–Crippen LogP) is 3.40. The summed E-state index contributed by atoms with van der Waals surface area (Å²) >= 11 is 3.38. The SMILES string of the molecule is Cc1cc(Br)ccc1Oc1ncc(C#N)cc1N. The van der Waals surface area contributed by atoms with Crippen molar-refractivity contribution >= 4 is 21.6 Å². The minimum atomic E-state index is 0.305. The zero-order valence-electron chi connectivity index (χ0n) is 9.64. The molecule has 0 bridgehead atoms. The Morgan fingerprint density at radius 2 is 2.17 bits per heavy atom. The molecule has 2 rings (SSSR count). The fourth-order valence-electron chi connectivity index (χ4n) is 1.45. The van der Waals surface area contributed by atoms with Crippen LogP contribution in [0.25, 0.3) is 0 Å². The third-order valence-corrected chi connectivity index (χ3v) is 2.84. The van der Waals surface area contributed by atoms with E-state index in [9.17, 15) is 0 Å². The molecule has 18 heavy (non-hydrogen) atoms. The number of anilines is 1. The van der Waals surface area contributed by atoms with Crippen LogP contribution in [0.5, 0.6) is 11.6 Å². The molecule has 1 heterocycles. The summed E-state index contributed by atoms with van der Waals surface area (Å²) in [5, 5.41) is 8.73. The second-order valence-electron chi connectivity index (χ2n) is 3.74. The summed E-state index contributed by atoms with van der Waals surface area (Å²) in [5.74, 6) is 0.988. The summed E-state index contributed by atoms with van der Waals surface area (Å²) in [6.07, 6.45) is 1.43. The van der Waals surface area contributed by atoms with Gasteiger partial charge >= 0.3 is 0 Å². The lowest BCUT2D eigenvalue weighted by molar-refractivity contribution is 0.462. The summed E-state index contributed by atoms with van der Waals surface area (Å²) in [7, 11) is 0. The van der Waals surface area contributed by atoms with Gasteiger partial charge in [-0.15, -0.1) is 0 Å². The van der Waals surface area contributed by atoms with Gasteiger partial charge in [0.1, 0.15) is 11.8 Å². The number of aromatic nitrogens is 1. The van der Waals surface area contributed by atoms with Crippen LogP contribution in [0.3, 0.4) is 0 Å². The second kappa shape index (κ2) is 5.07. The maximum absolute atomic E-state index is 8.73. The normalized spacial score (nSPS) is 9.83. The molecule has 2 N–H and O–H groups in total. The van der Waals surface area contributed by atoms with Crippen LogP contribution < -0.4 is 10.5 Å². The molecule has 0 aliphatic rings. The van der Waals surface area contributed by atoms with Crippen LogP contribution in [0, 0.1) is 18.3 Å². The summed E-state index contributed by atoms with van der Waals surface area (Å²) in [4.78, 5) is 4.03. The third-order valence-electron chi connectivity index (χ3n) is 2.35. The average molecular weight is 304 g/mol. The van der Waals surface area contributed by atoms with E-state index in [1.807, 2.05) is 31.2 Å². The Morgan fingerprint density at radius 3 is 2.78 bits per heavy atom. The number of benzene rings is 1. The number of nitrogen functional groups attached to an aromatic ring is 1. The van der Waals surface area contributed by atoms with E-state index in [0.29, 0.717) is 22.9 Å². The van der Waals surface area contributed by atoms with E-state index in [4.69, 9.17) is 15.7 Å². The smallest absolute Gasteiger partial charge is 0.242 e. The first-order valence-corrected chi connectivity index (χ1v) is 5.99. The molecule has 2 aromatic rings. The Morgan fingerprint density at radius 1 is 1.39 bits per heavy atom. The van der Waals surface area contributed by atoms with Crippen LogP contribution in [0.15, 0.2) is 34.9 Å². The summed E-state index contributed by atoms with van der Waals surface area (Å²) in [5.41, 5.74) is 7.50. The number of pyridine rings is 1. The van der Waals surface area contributed by atoms with Crippen LogP contribution in [0.2, 0.25) is 0 Å².